The SMILES string of the molecule is Cc1ccc(NC(=O)COc2cccc([N+](=O)[O-])c2)cc1Nc1nccc(-c2cccnc2)n1. The molecule has 0 spiro atoms. The fourth-order valence-electron chi connectivity index (χ4n) is 3.08. The van der Waals surface area contributed by atoms with Crippen LogP contribution in [0.15, 0.2) is 79.3 Å². The fraction of sp³-hybridized carbons (Fsp3) is 0.0833. The Hall–Kier alpha value is -4.86. The second kappa shape index (κ2) is 10.2. The summed E-state index contributed by atoms with van der Waals surface area (Å²) in [6.45, 7) is 1.62. The van der Waals surface area contributed by atoms with Gasteiger partial charge in [0.2, 0.25) is 5.95 Å². The third-order valence-electron chi connectivity index (χ3n) is 4.78. The summed E-state index contributed by atoms with van der Waals surface area (Å²) in [5.74, 6) is 0.235. The molecule has 34 heavy (non-hydrogen) atoms. The smallest absolute Gasteiger partial charge is 0.273 e. The van der Waals surface area contributed by atoms with Crippen LogP contribution in [0.3, 0.4) is 0 Å². The van der Waals surface area contributed by atoms with E-state index < -0.39 is 10.8 Å². The van der Waals surface area contributed by atoms with Crippen molar-refractivity contribution >= 4 is 28.9 Å². The third-order valence-corrected chi connectivity index (χ3v) is 4.78. The monoisotopic (exact) mass is 456 g/mol. The summed E-state index contributed by atoms with van der Waals surface area (Å²) in [6, 6.07) is 16.6. The van der Waals surface area contributed by atoms with E-state index in [9.17, 15) is 14.9 Å². The first-order valence-corrected chi connectivity index (χ1v) is 10.3. The maximum atomic E-state index is 12.3. The van der Waals surface area contributed by atoms with Crippen molar-refractivity contribution < 1.29 is 14.5 Å². The number of nitrogens with zero attached hydrogens (tertiary/aromatic N) is 4. The largest absolute Gasteiger partial charge is 0.484 e. The molecular formula is C24H20N6O4. The zero-order chi connectivity index (χ0) is 23.9. The van der Waals surface area contributed by atoms with E-state index in [0.717, 1.165) is 22.5 Å². The summed E-state index contributed by atoms with van der Waals surface area (Å²) < 4.78 is 5.38. The summed E-state index contributed by atoms with van der Waals surface area (Å²) in [4.78, 5) is 35.6. The van der Waals surface area contributed by atoms with Crippen LogP contribution >= 0.6 is 0 Å². The zero-order valence-electron chi connectivity index (χ0n) is 18.1. The van der Waals surface area contributed by atoms with Gasteiger partial charge in [0.05, 0.1) is 16.7 Å². The Balaban J connectivity index is 1.42. The van der Waals surface area contributed by atoms with Crippen molar-refractivity contribution in [2.45, 2.75) is 6.92 Å². The summed E-state index contributed by atoms with van der Waals surface area (Å²) in [6.07, 6.45) is 5.08. The van der Waals surface area contributed by atoms with E-state index in [4.69, 9.17) is 4.74 Å². The number of aromatic nitrogens is 3. The van der Waals surface area contributed by atoms with Crippen molar-refractivity contribution in [2.75, 3.05) is 17.2 Å². The normalized spacial score (nSPS) is 10.4. The van der Waals surface area contributed by atoms with E-state index in [-0.39, 0.29) is 18.0 Å². The predicted molar refractivity (Wildman–Crippen MR) is 127 cm³/mol. The van der Waals surface area contributed by atoms with Gasteiger partial charge in [-0.3, -0.25) is 19.9 Å². The van der Waals surface area contributed by atoms with Gasteiger partial charge in [-0.25, -0.2) is 9.97 Å². The van der Waals surface area contributed by atoms with Crippen molar-refractivity contribution in [3.05, 3.63) is 94.9 Å². The molecule has 0 saturated carbocycles. The molecular weight excluding hydrogens is 436 g/mol. The minimum atomic E-state index is -0.524. The molecule has 4 rings (SSSR count). The topological polar surface area (TPSA) is 132 Å². The first-order chi connectivity index (χ1) is 16.5. The molecule has 170 valence electrons. The van der Waals surface area contributed by atoms with Crippen LogP contribution in [0.4, 0.5) is 23.0 Å². The first-order valence-electron chi connectivity index (χ1n) is 10.3. The van der Waals surface area contributed by atoms with Crippen LogP contribution in [-0.4, -0.2) is 32.4 Å². The molecule has 0 fully saturated rings. The lowest BCUT2D eigenvalue weighted by molar-refractivity contribution is -0.384. The van der Waals surface area contributed by atoms with Crippen LogP contribution < -0.4 is 15.4 Å². The number of non-ortho nitro benzene ring substituents is 1. The average molecular weight is 456 g/mol. The second-order valence-corrected chi connectivity index (χ2v) is 7.25. The molecule has 0 bridgehead atoms. The Morgan fingerprint density at radius 1 is 1.09 bits per heavy atom. The molecule has 4 aromatic rings. The number of nitro groups is 1. The van der Waals surface area contributed by atoms with Gasteiger partial charge in [0, 0.05) is 41.6 Å². The van der Waals surface area contributed by atoms with E-state index in [1.54, 1.807) is 42.9 Å². The number of aryl methyl sites for hydroxylation is 1. The maximum Gasteiger partial charge on any atom is 0.273 e. The molecule has 10 nitrogen and oxygen atoms in total. The summed E-state index contributed by atoms with van der Waals surface area (Å²) in [5, 5.41) is 16.8. The second-order valence-electron chi connectivity index (χ2n) is 7.25. The molecule has 2 N–H and O–H groups in total. The van der Waals surface area contributed by atoms with E-state index in [2.05, 4.69) is 25.6 Å². The Bertz CT molecular complexity index is 1330. The van der Waals surface area contributed by atoms with Gasteiger partial charge >= 0.3 is 0 Å². The van der Waals surface area contributed by atoms with Crippen LogP contribution in [0.25, 0.3) is 11.3 Å². The van der Waals surface area contributed by atoms with Gasteiger partial charge in [0.1, 0.15) is 5.75 Å². The third kappa shape index (κ3) is 5.68. The number of anilines is 3. The van der Waals surface area contributed by atoms with Crippen LogP contribution in [0.2, 0.25) is 0 Å². The summed E-state index contributed by atoms with van der Waals surface area (Å²) in [5.41, 5.74) is 3.69. The van der Waals surface area contributed by atoms with Crippen LogP contribution in [0.1, 0.15) is 5.56 Å². The highest BCUT2D eigenvalue weighted by atomic mass is 16.6. The van der Waals surface area contributed by atoms with Crippen LogP contribution in [0, 0.1) is 17.0 Å². The Morgan fingerprint density at radius 2 is 1.97 bits per heavy atom. The van der Waals surface area contributed by atoms with Crippen LogP contribution in [-0.2, 0) is 4.79 Å². The van der Waals surface area contributed by atoms with Crippen molar-refractivity contribution in [3.63, 3.8) is 0 Å². The summed E-state index contributed by atoms with van der Waals surface area (Å²) >= 11 is 0. The number of amides is 1. The summed E-state index contributed by atoms with van der Waals surface area (Å²) in [7, 11) is 0. The molecule has 2 heterocycles. The zero-order valence-corrected chi connectivity index (χ0v) is 18.1. The lowest BCUT2D eigenvalue weighted by Gasteiger charge is -2.12. The molecule has 0 aliphatic heterocycles. The number of hydrogen-bond acceptors (Lipinski definition) is 8. The quantitative estimate of drug-likeness (QED) is 0.292. The lowest BCUT2D eigenvalue weighted by atomic mass is 10.1. The molecule has 0 aliphatic rings. The molecule has 10 heteroatoms. The van der Waals surface area contributed by atoms with Gasteiger partial charge in [0.15, 0.2) is 6.61 Å². The van der Waals surface area contributed by atoms with E-state index in [1.807, 2.05) is 25.1 Å². The molecule has 0 saturated heterocycles. The average Bonchev–Trinajstić information content (AvgIpc) is 2.86. The van der Waals surface area contributed by atoms with Gasteiger partial charge in [-0.1, -0.05) is 12.1 Å². The molecule has 2 aromatic heterocycles. The highest BCUT2D eigenvalue weighted by molar-refractivity contribution is 5.92. The number of nitro benzene ring substituents is 1. The van der Waals surface area contributed by atoms with Gasteiger partial charge in [-0.15, -0.1) is 0 Å². The Morgan fingerprint density at radius 3 is 2.76 bits per heavy atom. The Labute approximate surface area is 194 Å². The van der Waals surface area contributed by atoms with Gasteiger partial charge in [-0.2, -0.15) is 0 Å². The van der Waals surface area contributed by atoms with Gasteiger partial charge in [-0.05, 0) is 48.9 Å². The molecule has 0 radical (unpaired) electrons. The molecule has 2 aromatic carbocycles. The highest BCUT2D eigenvalue weighted by Gasteiger charge is 2.10. The predicted octanol–water partition coefficient (Wildman–Crippen LogP) is 4.52. The number of carbonyl (C=O) groups excluding carboxylic acids is 1. The number of nitrogens with one attached hydrogen (secondary N) is 2. The van der Waals surface area contributed by atoms with Crippen molar-refractivity contribution in [1.82, 2.24) is 15.0 Å². The first kappa shape index (κ1) is 22.3. The number of hydrogen-bond donors (Lipinski definition) is 2. The molecule has 1 amide bonds. The van der Waals surface area contributed by atoms with Crippen molar-refractivity contribution in [2.24, 2.45) is 0 Å². The number of ether oxygens (including phenoxy) is 1. The lowest BCUT2D eigenvalue weighted by Crippen LogP contribution is -2.20. The maximum absolute atomic E-state index is 12.3. The van der Waals surface area contributed by atoms with E-state index in [0.29, 0.717) is 11.6 Å². The number of carbonyl (C=O) groups is 1. The minimum absolute atomic E-state index is 0.109. The van der Waals surface area contributed by atoms with Crippen molar-refractivity contribution in [3.8, 4) is 17.0 Å². The standard InChI is InChI=1S/C24H20N6O4/c1-16-7-8-18(27-23(31)15-34-20-6-2-5-19(13-20)30(32)33)12-22(16)29-24-26-11-9-21(28-24)17-4-3-10-25-14-17/h2-14H,15H2,1H3,(H,27,31)(H,26,28,29). The van der Waals surface area contributed by atoms with E-state index >= 15 is 0 Å². The minimum Gasteiger partial charge on any atom is -0.484 e. The molecule has 0 atom stereocenters. The van der Waals surface area contributed by atoms with Gasteiger partial charge < -0.3 is 15.4 Å². The fourth-order valence-corrected chi connectivity index (χ4v) is 3.08. The Kier molecular flexibility index (Phi) is 6.68. The van der Waals surface area contributed by atoms with Crippen molar-refractivity contribution in [1.29, 1.82) is 0 Å². The molecule has 0 unspecified atom stereocenters. The van der Waals surface area contributed by atoms with E-state index in [1.165, 1.54) is 18.2 Å². The molecule has 0 aliphatic carbocycles. The van der Waals surface area contributed by atoms with Crippen LogP contribution in [0.5, 0.6) is 5.75 Å². The van der Waals surface area contributed by atoms with Gasteiger partial charge in [0.25, 0.3) is 11.6 Å². The number of pyridine rings is 1. The number of rotatable bonds is 8. The number of benzene rings is 2. The highest BCUT2D eigenvalue weighted by Crippen LogP contribution is 2.24.